The van der Waals surface area contributed by atoms with E-state index in [1.807, 2.05) is 42.5 Å². The Kier molecular flexibility index (Phi) is 8.43. The van der Waals surface area contributed by atoms with Gasteiger partial charge >= 0.3 is 0 Å². The zero-order chi connectivity index (χ0) is 27.4. The van der Waals surface area contributed by atoms with E-state index in [9.17, 15) is 4.79 Å². The molecule has 0 radical (unpaired) electrons. The second-order valence-corrected chi connectivity index (χ2v) is 10.9. The minimum Gasteiger partial charge on any atom is -0.493 e. The molecule has 0 spiro atoms. The molecule has 0 unspecified atom stereocenters. The van der Waals surface area contributed by atoms with Crippen LogP contribution in [0, 0.1) is 0 Å². The van der Waals surface area contributed by atoms with Crippen LogP contribution in [0.25, 0.3) is 21.7 Å². The lowest BCUT2D eigenvalue weighted by Crippen LogP contribution is -2.22. The van der Waals surface area contributed by atoms with Crippen LogP contribution in [0.5, 0.6) is 11.5 Å². The van der Waals surface area contributed by atoms with Gasteiger partial charge in [-0.05, 0) is 69.0 Å². The zero-order valence-electron chi connectivity index (χ0n) is 21.7. The third-order valence-electron chi connectivity index (χ3n) is 6.49. The van der Waals surface area contributed by atoms with Crippen molar-refractivity contribution in [2.24, 2.45) is 5.10 Å². The van der Waals surface area contributed by atoms with Crippen molar-refractivity contribution in [1.82, 2.24) is 9.66 Å². The Balaban J connectivity index is 1.46. The van der Waals surface area contributed by atoms with Crippen LogP contribution in [0.1, 0.15) is 36.7 Å². The molecule has 0 saturated heterocycles. The molecule has 198 valence electrons. The second-order valence-electron chi connectivity index (χ2n) is 9.11. The van der Waals surface area contributed by atoms with Crippen molar-refractivity contribution in [3.05, 3.63) is 109 Å². The highest BCUT2D eigenvalue weighted by molar-refractivity contribution is 9.10. The van der Waals surface area contributed by atoms with Crippen LogP contribution in [0.15, 0.2) is 91.6 Å². The normalized spacial score (nSPS) is 11.5. The fourth-order valence-corrected chi connectivity index (χ4v) is 5.21. The van der Waals surface area contributed by atoms with E-state index in [1.165, 1.54) is 10.1 Å². The Morgan fingerprint density at radius 1 is 0.974 bits per heavy atom. The number of hydrogen-bond donors (Lipinski definition) is 0. The Morgan fingerprint density at radius 2 is 1.79 bits per heavy atom. The fourth-order valence-electron chi connectivity index (χ4n) is 4.43. The average Bonchev–Trinajstić information content (AvgIpc) is 2.95. The number of rotatable bonds is 9. The molecule has 5 rings (SSSR count). The van der Waals surface area contributed by atoms with Gasteiger partial charge < -0.3 is 9.47 Å². The molecule has 0 saturated carbocycles. The van der Waals surface area contributed by atoms with Gasteiger partial charge in [-0.2, -0.15) is 9.78 Å². The van der Waals surface area contributed by atoms with Crippen LogP contribution >= 0.6 is 31.9 Å². The van der Waals surface area contributed by atoms with E-state index in [-0.39, 0.29) is 5.56 Å². The van der Waals surface area contributed by atoms with Gasteiger partial charge in [-0.15, -0.1) is 0 Å². The Bertz CT molecular complexity index is 1740. The van der Waals surface area contributed by atoms with E-state index in [2.05, 4.69) is 68.2 Å². The summed E-state index contributed by atoms with van der Waals surface area (Å²) in [5.74, 6) is 1.80. The van der Waals surface area contributed by atoms with Crippen molar-refractivity contribution in [2.45, 2.75) is 32.8 Å². The van der Waals surface area contributed by atoms with Gasteiger partial charge in [-0.25, -0.2) is 4.98 Å². The summed E-state index contributed by atoms with van der Waals surface area (Å²) in [5.41, 5.74) is 2.29. The molecule has 5 aromatic rings. The number of halogens is 2. The first-order valence-electron chi connectivity index (χ1n) is 12.7. The average molecular weight is 649 g/mol. The third kappa shape index (κ3) is 5.92. The van der Waals surface area contributed by atoms with Crippen LogP contribution in [-0.4, -0.2) is 23.0 Å². The number of benzene rings is 4. The molecular formula is C31H27Br2N3O3. The SMILES string of the molecule is CCCCc1nc2ccc(Br)cc2c(=O)n1N=Cc1cc(OC)c(OCc2cccc3ccccc23)cc1Br. The van der Waals surface area contributed by atoms with E-state index in [0.29, 0.717) is 41.3 Å². The van der Waals surface area contributed by atoms with Crippen molar-refractivity contribution in [3.63, 3.8) is 0 Å². The zero-order valence-corrected chi connectivity index (χ0v) is 24.8. The number of methoxy groups -OCH3 is 1. The van der Waals surface area contributed by atoms with Crippen molar-refractivity contribution >= 4 is 59.7 Å². The van der Waals surface area contributed by atoms with Crippen LogP contribution in [0.4, 0.5) is 0 Å². The van der Waals surface area contributed by atoms with Gasteiger partial charge in [0, 0.05) is 20.9 Å². The molecule has 39 heavy (non-hydrogen) atoms. The van der Waals surface area contributed by atoms with Crippen molar-refractivity contribution in [1.29, 1.82) is 0 Å². The molecule has 0 aliphatic heterocycles. The van der Waals surface area contributed by atoms with E-state index < -0.39 is 0 Å². The maximum Gasteiger partial charge on any atom is 0.282 e. The molecule has 0 N–H and O–H groups in total. The molecular weight excluding hydrogens is 622 g/mol. The molecule has 0 aliphatic rings. The monoisotopic (exact) mass is 647 g/mol. The number of ether oxygens (including phenoxy) is 2. The lowest BCUT2D eigenvalue weighted by atomic mass is 10.1. The minimum atomic E-state index is -0.207. The summed E-state index contributed by atoms with van der Waals surface area (Å²) < 4.78 is 14.8. The summed E-state index contributed by atoms with van der Waals surface area (Å²) >= 11 is 7.09. The first-order chi connectivity index (χ1) is 19.0. The second kappa shape index (κ2) is 12.1. The summed E-state index contributed by atoms with van der Waals surface area (Å²) in [4.78, 5) is 18.1. The summed E-state index contributed by atoms with van der Waals surface area (Å²) in [6.07, 6.45) is 4.19. The molecule has 0 atom stereocenters. The lowest BCUT2D eigenvalue weighted by Gasteiger charge is -2.14. The van der Waals surface area contributed by atoms with E-state index in [4.69, 9.17) is 14.5 Å². The maximum atomic E-state index is 13.4. The minimum absolute atomic E-state index is 0.207. The molecule has 0 fully saturated rings. The maximum absolute atomic E-state index is 13.4. The highest BCUT2D eigenvalue weighted by Gasteiger charge is 2.13. The molecule has 0 bridgehead atoms. The predicted octanol–water partition coefficient (Wildman–Crippen LogP) is 7.89. The van der Waals surface area contributed by atoms with Gasteiger partial charge in [0.1, 0.15) is 12.4 Å². The standard InChI is InChI=1S/C31H27Br2N3O3/c1-3-4-12-30-35-27-14-13-23(32)16-25(27)31(37)36(30)34-18-22-15-28(38-2)29(17-26(22)33)39-19-21-10-7-9-20-8-5-6-11-24(20)21/h5-11,13-18H,3-4,12,19H2,1-2H3. The van der Waals surface area contributed by atoms with Crippen LogP contribution in [0.2, 0.25) is 0 Å². The lowest BCUT2D eigenvalue weighted by molar-refractivity contribution is 0.285. The van der Waals surface area contributed by atoms with Crippen molar-refractivity contribution in [2.75, 3.05) is 7.11 Å². The summed E-state index contributed by atoms with van der Waals surface area (Å²) in [5, 5.41) is 7.41. The summed E-state index contributed by atoms with van der Waals surface area (Å²) in [6.45, 7) is 2.50. The third-order valence-corrected chi connectivity index (χ3v) is 7.67. The number of aryl methyl sites for hydroxylation is 1. The molecule has 8 heteroatoms. The number of unbranched alkanes of at least 4 members (excludes halogenated alkanes) is 1. The van der Waals surface area contributed by atoms with Gasteiger partial charge in [0.2, 0.25) is 0 Å². The predicted molar refractivity (Wildman–Crippen MR) is 164 cm³/mol. The largest absolute Gasteiger partial charge is 0.493 e. The molecule has 0 amide bonds. The molecule has 1 aromatic heterocycles. The number of fused-ring (bicyclic) bond motifs is 2. The van der Waals surface area contributed by atoms with Crippen LogP contribution in [0.3, 0.4) is 0 Å². The topological polar surface area (TPSA) is 65.7 Å². The highest BCUT2D eigenvalue weighted by atomic mass is 79.9. The Morgan fingerprint density at radius 3 is 2.62 bits per heavy atom. The van der Waals surface area contributed by atoms with Gasteiger partial charge in [0.25, 0.3) is 5.56 Å². The van der Waals surface area contributed by atoms with E-state index >= 15 is 0 Å². The number of nitrogens with zero attached hydrogens (tertiary/aromatic N) is 3. The van der Waals surface area contributed by atoms with Crippen LogP contribution < -0.4 is 15.0 Å². The summed E-state index contributed by atoms with van der Waals surface area (Å²) in [6, 6.07) is 23.7. The number of aromatic nitrogens is 2. The summed E-state index contributed by atoms with van der Waals surface area (Å²) in [7, 11) is 1.60. The van der Waals surface area contributed by atoms with E-state index in [0.717, 1.165) is 38.3 Å². The van der Waals surface area contributed by atoms with E-state index in [1.54, 1.807) is 19.4 Å². The van der Waals surface area contributed by atoms with Gasteiger partial charge in [0.05, 0.1) is 24.2 Å². The highest BCUT2D eigenvalue weighted by Crippen LogP contribution is 2.34. The smallest absolute Gasteiger partial charge is 0.282 e. The molecule has 0 aliphatic carbocycles. The van der Waals surface area contributed by atoms with Gasteiger partial charge in [-0.1, -0.05) is 71.7 Å². The quantitative estimate of drug-likeness (QED) is 0.153. The van der Waals surface area contributed by atoms with Crippen LogP contribution in [-0.2, 0) is 13.0 Å². The molecule has 1 heterocycles. The van der Waals surface area contributed by atoms with Gasteiger partial charge in [0.15, 0.2) is 11.5 Å². The first kappa shape index (κ1) is 27.1. The number of hydrogen-bond acceptors (Lipinski definition) is 5. The van der Waals surface area contributed by atoms with Crippen molar-refractivity contribution < 1.29 is 9.47 Å². The first-order valence-corrected chi connectivity index (χ1v) is 14.3. The Labute approximate surface area is 243 Å². The van der Waals surface area contributed by atoms with Gasteiger partial charge in [-0.3, -0.25) is 4.79 Å². The van der Waals surface area contributed by atoms with Crippen molar-refractivity contribution in [3.8, 4) is 11.5 Å². The fraction of sp³-hybridized carbons (Fsp3) is 0.194. The Hall–Kier alpha value is -3.49. The molecule has 6 nitrogen and oxygen atoms in total. The molecule has 4 aromatic carbocycles.